The van der Waals surface area contributed by atoms with Crippen molar-refractivity contribution in [1.29, 1.82) is 0 Å². The zero-order valence-corrected chi connectivity index (χ0v) is 10.7. The molecule has 0 amide bonds. The number of hydrogen-bond donors (Lipinski definition) is 1. The summed E-state index contributed by atoms with van der Waals surface area (Å²) in [6.07, 6.45) is 2.58. The van der Waals surface area contributed by atoms with Crippen molar-refractivity contribution in [3.05, 3.63) is 34.6 Å². The third kappa shape index (κ3) is 3.93. The second-order valence-electron chi connectivity index (χ2n) is 3.60. The monoisotopic (exact) mass is 258 g/mol. The predicted octanol–water partition coefficient (Wildman–Crippen LogP) is 3.95. The molecule has 0 atom stereocenters. The van der Waals surface area contributed by atoms with Crippen LogP contribution in [0.4, 0.5) is 4.39 Å². The van der Waals surface area contributed by atoms with E-state index in [-0.39, 0.29) is 6.61 Å². The molecule has 0 spiro atoms. The molecule has 0 aliphatic heterocycles. The molecular formula is C13H16ClFO2. The van der Waals surface area contributed by atoms with E-state index in [0.717, 1.165) is 30.0 Å². The first-order valence-corrected chi connectivity index (χ1v) is 5.95. The van der Waals surface area contributed by atoms with E-state index in [2.05, 4.69) is 0 Å². The van der Waals surface area contributed by atoms with Crippen molar-refractivity contribution in [1.82, 2.24) is 0 Å². The van der Waals surface area contributed by atoms with Crippen LogP contribution in [0.1, 0.15) is 25.0 Å². The average molecular weight is 259 g/mol. The zero-order valence-electron chi connectivity index (χ0n) is 9.96. The van der Waals surface area contributed by atoms with E-state index < -0.39 is 5.29 Å². The smallest absolute Gasteiger partial charge is 0.188 e. The second-order valence-corrected chi connectivity index (χ2v) is 3.96. The number of aryl methyl sites for hydroxylation is 2. The van der Waals surface area contributed by atoms with Gasteiger partial charge >= 0.3 is 0 Å². The predicted molar refractivity (Wildman–Crippen MR) is 67.4 cm³/mol. The van der Waals surface area contributed by atoms with Gasteiger partial charge in [-0.1, -0.05) is 25.4 Å². The fourth-order valence-electron chi connectivity index (χ4n) is 1.55. The number of ether oxygens (including phenoxy) is 1. The summed E-state index contributed by atoms with van der Waals surface area (Å²) in [6, 6.07) is 3.52. The number of halogens is 2. The Kier molecular flexibility index (Phi) is 5.29. The number of benzene rings is 1. The van der Waals surface area contributed by atoms with Gasteiger partial charge in [-0.15, -0.1) is 0 Å². The Balaban J connectivity index is 2.89. The van der Waals surface area contributed by atoms with Crippen molar-refractivity contribution >= 4 is 11.6 Å². The van der Waals surface area contributed by atoms with Crippen LogP contribution in [0.2, 0.25) is 0 Å². The van der Waals surface area contributed by atoms with Crippen molar-refractivity contribution in [3.8, 4) is 11.5 Å². The number of rotatable bonds is 5. The Morgan fingerprint density at radius 1 is 1.35 bits per heavy atom. The van der Waals surface area contributed by atoms with Crippen molar-refractivity contribution in [2.24, 2.45) is 0 Å². The lowest BCUT2D eigenvalue weighted by atomic mass is 10.0. The van der Waals surface area contributed by atoms with Gasteiger partial charge in [0.05, 0.1) is 0 Å². The Bertz CT molecular complexity index is 387. The van der Waals surface area contributed by atoms with Gasteiger partial charge in [-0.3, -0.25) is 0 Å². The van der Waals surface area contributed by atoms with Crippen molar-refractivity contribution in [3.63, 3.8) is 0 Å². The Morgan fingerprint density at radius 3 is 2.29 bits per heavy atom. The molecule has 2 nitrogen and oxygen atoms in total. The third-order valence-corrected chi connectivity index (χ3v) is 2.65. The lowest BCUT2D eigenvalue weighted by Crippen LogP contribution is -1.97. The molecule has 0 saturated heterocycles. The molecule has 4 heteroatoms. The highest BCUT2D eigenvalue weighted by Gasteiger charge is 2.08. The van der Waals surface area contributed by atoms with Crippen LogP contribution in [0.3, 0.4) is 0 Å². The van der Waals surface area contributed by atoms with Crippen molar-refractivity contribution < 1.29 is 14.2 Å². The van der Waals surface area contributed by atoms with Gasteiger partial charge in [-0.2, -0.15) is 4.39 Å². The molecular weight excluding hydrogens is 243 g/mol. The van der Waals surface area contributed by atoms with E-state index in [0.29, 0.717) is 11.5 Å². The first-order valence-electron chi connectivity index (χ1n) is 5.57. The summed E-state index contributed by atoms with van der Waals surface area (Å²) in [7, 11) is 0. The summed E-state index contributed by atoms with van der Waals surface area (Å²) < 4.78 is 17.6. The van der Waals surface area contributed by atoms with Gasteiger partial charge in [-0.05, 0) is 36.1 Å². The van der Waals surface area contributed by atoms with Crippen LogP contribution >= 0.6 is 11.6 Å². The highest BCUT2D eigenvalue weighted by molar-refractivity contribution is 6.28. The molecule has 0 saturated carbocycles. The van der Waals surface area contributed by atoms with E-state index in [1.54, 1.807) is 12.1 Å². The summed E-state index contributed by atoms with van der Waals surface area (Å²) >= 11 is 5.06. The fourth-order valence-corrected chi connectivity index (χ4v) is 1.61. The minimum atomic E-state index is -0.782. The van der Waals surface area contributed by atoms with Crippen LogP contribution in [0.15, 0.2) is 23.5 Å². The number of phenols is 1. The molecule has 0 radical (unpaired) electrons. The number of hydrogen-bond acceptors (Lipinski definition) is 2. The highest BCUT2D eigenvalue weighted by Crippen LogP contribution is 2.29. The molecule has 17 heavy (non-hydrogen) atoms. The molecule has 0 fully saturated rings. The summed E-state index contributed by atoms with van der Waals surface area (Å²) in [6.45, 7) is 3.99. The van der Waals surface area contributed by atoms with Gasteiger partial charge in [0.1, 0.15) is 18.1 Å². The van der Waals surface area contributed by atoms with Crippen LogP contribution in [-0.4, -0.2) is 11.7 Å². The van der Waals surface area contributed by atoms with Crippen LogP contribution < -0.4 is 4.74 Å². The average Bonchev–Trinajstić information content (AvgIpc) is 2.30. The molecule has 0 heterocycles. The lowest BCUT2D eigenvalue weighted by Gasteiger charge is -2.11. The molecule has 0 aromatic heterocycles. The normalized spacial score (nSPS) is 11.6. The van der Waals surface area contributed by atoms with E-state index in [1.165, 1.54) is 0 Å². The molecule has 0 unspecified atom stereocenters. The Morgan fingerprint density at radius 2 is 1.88 bits per heavy atom. The summed E-state index contributed by atoms with van der Waals surface area (Å²) in [4.78, 5) is 0. The second kappa shape index (κ2) is 6.50. The topological polar surface area (TPSA) is 29.5 Å². The van der Waals surface area contributed by atoms with Crippen molar-refractivity contribution in [2.45, 2.75) is 26.7 Å². The van der Waals surface area contributed by atoms with Gasteiger partial charge in [0.15, 0.2) is 5.29 Å². The molecule has 1 aromatic carbocycles. The largest absolute Gasteiger partial charge is 0.507 e. The standard InChI is InChI=1S/C13H16ClFO2/c1-3-9-7-11(17-6-5-12(14)15)8-10(4-2)13(9)16/h5,7-8,16H,3-4,6H2,1-2H3/b12-5+. The molecule has 0 bridgehead atoms. The maximum absolute atomic E-state index is 12.3. The molecule has 1 N–H and O–H groups in total. The van der Waals surface area contributed by atoms with E-state index in [9.17, 15) is 9.50 Å². The molecule has 1 aromatic rings. The summed E-state index contributed by atoms with van der Waals surface area (Å²) in [5.74, 6) is 0.937. The maximum atomic E-state index is 12.3. The fraction of sp³-hybridized carbons (Fsp3) is 0.385. The van der Waals surface area contributed by atoms with Gasteiger partial charge in [0.2, 0.25) is 0 Å². The van der Waals surface area contributed by atoms with E-state index in [1.807, 2.05) is 13.8 Å². The van der Waals surface area contributed by atoms with Gasteiger partial charge in [0, 0.05) is 6.08 Å². The highest BCUT2D eigenvalue weighted by atomic mass is 35.5. The third-order valence-electron chi connectivity index (χ3n) is 2.49. The first kappa shape index (κ1) is 13.8. The van der Waals surface area contributed by atoms with Crippen LogP contribution in [-0.2, 0) is 12.8 Å². The lowest BCUT2D eigenvalue weighted by molar-refractivity contribution is 0.358. The van der Waals surface area contributed by atoms with Gasteiger partial charge < -0.3 is 9.84 Å². The van der Waals surface area contributed by atoms with E-state index >= 15 is 0 Å². The molecule has 94 valence electrons. The minimum Gasteiger partial charge on any atom is -0.507 e. The maximum Gasteiger partial charge on any atom is 0.188 e. The van der Waals surface area contributed by atoms with Crippen LogP contribution in [0.25, 0.3) is 0 Å². The first-order chi connectivity index (χ1) is 8.08. The Hall–Kier alpha value is -1.22. The SMILES string of the molecule is CCc1cc(OC/C=C(/F)Cl)cc(CC)c1O. The van der Waals surface area contributed by atoms with Crippen LogP contribution in [0, 0.1) is 0 Å². The Labute approximate surface area is 106 Å². The number of aromatic hydroxyl groups is 1. The quantitative estimate of drug-likeness (QED) is 0.867. The van der Waals surface area contributed by atoms with Gasteiger partial charge in [0.25, 0.3) is 0 Å². The summed E-state index contributed by atoms with van der Waals surface area (Å²) in [5, 5.41) is 9.10. The van der Waals surface area contributed by atoms with Crippen LogP contribution in [0.5, 0.6) is 11.5 Å². The molecule has 0 aliphatic carbocycles. The van der Waals surface area contributed by atoms with Crippen molar-refractivity contribution in [2.75, 3.05) is 6.61 Å². The number of phenolic OH excluding ortho intramolecular Hbond substituents is 1. The zero-order chi connectivity index (χ0) is 12.8. The molecule has 0 aliphatic rings. The summed E-state index contributed by atoms with van der Waals surface area (Å²) in [5.41, 5.74) is 1.66. The van der Waals surface area contributed by atoms with Gasteiger partial charge in [-0.25, -0.2) is 0 Å². The molecule has 1 rings (SSSR count). The minimum absolute atomic E-state index is 0.0758. The van der Waals surface area contributed by atoms with E-state index in [4.69, 9.17) is 16.3 Å².